The van der Waals surface area contributed by atoms with Crippen molar-refractivity contribution in [3.05, 3.63) is 30.0 Å². The van der Waals surface area contributed by atoms with E-state index in [0.29, 0.717) is 19.7 Å². The largest absolute Gasteiger partial charge is 0.491 e. The van der Waals surface area contributed by atoms with Gasteiger partial charge in [0.05, 0.1) is 13.1 Å². The SMILES string of the molecule is O=C(O)N1CCOc2ccc3[nH]ccc3c2C1. The zero-order valence-corrected chi connectivity index (χ0v) is 9.14. The van der Waals surface area contributed by atoms with Crippen molar-refractivity contribution in [2.45, 2.75) is 6.54 Å². The standard InChI is InChI=1S/C12H12N2O3/c15-12(16)14-5-6-17-11-2-1-10-8(3-4-13-10)9(11)7-14/h1-4,13H,5-7H2,(H,15,16). The monoisotopic (exact) mass is 232 g/mol. The molecule has 5 nitrogen and oxygen atoms in total. The van der Waals surface area contributed by atoms with Crippen molar-refractivity contribution < 1.29 is 14.6 Å². The Balaban J connectivity index is 2.13. The van der Waals surface area contributed by atoms with Crippen LogP contribution in [0, 0.1) is 0 Å². The average molecular weight is 232 g/mol. The van der Waals surface area contributed by atoms with Crippen molar-refractivity contribution in [3.8, 4) is 5.75 Å². The van der Waals surface area contributed by atoms with E-state index in [0.717, 1.165) is 22.2 Å². The maximum atomic E-state index is 11.1. The van der Waals surface area contributed by atoms with Gasteiger partial charge in [0, 0.05) is 22.7 Å². The molecule has 3 rings (SSSR count). The normalized spacial score (nSPS) is 15.2. The Morgan fingerprint density at radius 3 is 3.12 bits per heavy atom. The molecule has 0 saturated carbocycles. The summed E-state index contributed by atoms with van der Waals surface area (Å²) in [6.07, 6.45) is 0.940. The fourth-order valence-corrected chi connectivity index (χ4v) is 2.17. The van der Waals surface area contributed by atoms with Crippen LogP contribution in [-0.4, -0.2) is 34.2 Å². The lowest BCUT2D eigenvalue weighted by molar-refractivity contribution is 0.138. The maximum absolute atomic E-state index is 11.1. The fourth-order valence-electron chi connectivity index (χ4n) is 2.17. The highest BCUT2D eigenvalue weighted by atomic mass is 16.5. The number of hydrogen-bond acceptors (Lipinski definition) is 2. The van der Waals surface area contributed by atoms with Gasteiger partial charge in [0.15, 0.2) is 0 Å². The van der Waals surface area contributed by atoms with E-state index in [4.69, 9.17) is 9.84 Å². The van der Waals surface area contributed by atoms with E-state index < -0.39 is 6.09 Å². The van der Waals surface area contributed by atoms with Gasteiger partial charge >= 0.3 is 6.09 Å². The van der Waals surface area contributed by atoms with Crippen LogP contribution in [-0.2, 0) is 6.54 Å². The van der Waals surface area contributed by atoms with E-state index in [-0.39, 0.29) is 0 Å². The van der Waals surface area contributed by atoms with Crippen LogP contribution in [0.3, 0.4) is 0 Å². The van der Waals surface area contributed by atoms with Crippen molar-refractivity contribution >= 4 is 17.0 Å². The second-order valence-corrected chi connectivity index (χ2v) is 4.03. The molecule has 1 aliphatic heterocycles. The summed E-state index contributed by atoms with van der Waals surface area (Å²) in [5, 5.41) is 10.1. The van der Waals surface area contributed by atoms with Gasteiger partial charge in [-0.25, -0.2) is 4.79 Å². The van der Waals surface area contributed by atoms with Crippen LogP contribution in [0.5, 0.6) is 5.75 Å². The van der Waals surface area contributed by atoms with Crippen LogP contribution in [0.15, 0.2) is 24.4 Å². The lowest BCUT2D eigenvalue weighted by Crippen LogP contribution is -2.30. The Morgan fingerprint density at radius 1 is 1.41 bits per heavy atom. The molecule has 1 amide bonds. The summed E-state index contributed by atoms with van der Waals surface area (Å²) in [5.41, 5.74) is 1.93. The zero-order chi connectivity index (χ0) is 11.8. The number of ether oxygens (including phenoxy) is 1. The van der Waals surface area contributed by atoms with Crippen LogP contribution in [0.25, 0.3) is 10.9 Å². The molecule has 0 radical (unpaired) electrons. The van der Waals surface area contributed by atoms with Gasteiger partial charge in [-0.2, -0.15) is 0 Å². The molecule has 0 bridgehead atoms. The lowest BCUT2D eigenvalue weighted by atomic mass is 10.1. The van der Waals surface area contributed by atoms with Crippen LogP contribution in [0.4, 0.5) is 4.79 Å². The van der Waals surface area contributed by atoms with E-state index in [1.165, 1.54) is 4.90 Å². The second kappa shape index (κ2) is 3.69. The number of benzene rings is 1. The minimum absolute atomic E-state index is 0.375. The number of carboxylic acid groups (broad SMARTS) is 1. The predicted octanol–water partition coefficient (Wildman–Crippen LogP) is 2.04. The molecule has 0 aliphatic carbocycles. The van der Waals surface area contributed by atoms with Crippen molar-refractivity contribution in [2.24, 2.45) is 0 Å². The first-order valence-electron chi connectivity index (χ1n) is 5.45. The molecular weight excluding hydrogens is 220 g/mol. The van der Waals surface area contributed by atoms with Crippen LogP contribution >= 0.6 is 0 Å². The highest BCUT2D eigenvalue weighted by Gasteiger charge is 2.20. The minimum atomic E-state index is -0.908. The fraction of sp³-hybridized carbons (Fsp3) is 0.250. The third-order valence-corrected chi connectivity index (χ3v) is 3.04. The Labute approximate surface area is 97.6 Å². The number of H-pyrrole nitrogens is 1. The summed E-state index contributed by atoms with van der Waals surface area (Å²) < 4.78 is 5.59. The van der Waals surface area contributed by atoms with Gasteiger partial charge < -0.3 is 19.7 Å². The smallest absolute Gasteiger partial charge is 0.407 e. The summed E-state index contributed by atoms with van der Waals surface area (Å²) in [4.78, 5) is 15.5. The molecule has 1 aromatic heterocycles. The third-order valence-electron chi connectivity index (χ3n) is 3.04. The highest BCUT2D eigenvalue weighted by molar-refractivity contribution is 5.85. The van der Waals surface area contributed by atoms with E-state index in [1.807, 2.05) is 24.4 Å². The molecule has 2 aromatic rings. The molecule has 0 atom stereocenters. The summed E-state index contributed by atoms with van der Waals surface area (Å²) >= 11 is 0. The number of aromatic amines is 1. The molecular formula is C12H12N2O3. The third kappa shape index (κ3) is 1.60. The lowest BCUT2D eigenvalue weighted by Gasteiger charge is -2.15. The van der Waals surface area contributed by atoms with E-state index in [2.05, 4.69) is 4.98 Å². The summed E-state index contributed by atoms with van der Waals surface area (Å²) in [6.45, 7) is 1.17. The van der Waals surface area contributed by atoms with Gasteiger partial charge in [0.1, 0.15) is 12.4 Å². The molecule has 0 fully saturated rings. The van der Waals surface area contributed by atoms with Crippen molar-refractivity contribution in [1.82, 2.24) is 9.88 Å². The van der Waals surface area contributed by atoms with E-state index in [9.17, 15) is 4.79 Å². The number of carbonyl (C=O) groups is 1. The molecule has 0 unspecified atom stereocenters. The average Bonchev–Trinajstić information content (AvgIpc) is 2.67. The Bertz CT molecular complexity index is 576. The molecule has 0 spiro atoms. The molecule has 17 heavy (non-hydrogen) atoms. The minimum Gasteiger partial charge on any atom is -0.491 e. The molecule has 2 heterocycles. The number of nitrogens with one attached hydrogen (secondary N) is 1. The molecule has 5 heteroatoms. The number of amides is 1. The summed E-state index contributed by atoms with van der Waals surface area (Å²) in [6, 6.07) is 5.78. The maximum Gasteiger partial charge on any atom is 0.407 e. The van der Waals surface area contributed by atoms with E-state index in [1.54, 1.807) is 0 Å². The highest BCUT2D eigenvalue weighted by Crippen LogP contribution is 2.30. The van der Waals surface area contributed by atoms with Crippen molar-refractivity contribution in [2.75, 3.05) is 13.2 Å². The van der Waals surface area contributed by atoms with Gasteiger partial charge in [-0.3, -0.25) is 0 Å². The molecule has 1 aliphatic rings. The summed E-state index contributed by atoms with van der Waals surface area (Å²) in [5.74, 6) is 0.779. The van der Waals surface area contributed by atoms with Gasteiger partial charge in [0.2, 0.25) is 0 Å². The number of aromatic nitrogens is 1. The van der Waals surface area contributed by atoms with Gasteiger partial charge in [0.25, 0.3) is 0 Å². The molecule has 2 N–H and O–H groups in total. The zero-order valence-electron chi connectivity index (χ0n) is 9.14. The number of rotatable bonds is 0. The van der Waals surface area contributed by atoms with E-state index >= 15 is 0 Å². The molecule has 88 valence electrons. The molecule has 1 aromatic carbocycles. The Morgan fingerprint density at radius 2 is 2.29 bits per heavy atom. The first-order valence-corrected chi connectivity index (χ1v) is 5.45. The number of hydrogen-bond donors (Lipinski definition) is 2. The van der Waals surface area contributed by atoms with Gasteiger partial charge in [-0.05, 0) is 18.2 Å². The second-order valence-electron chi connectivity index (χ2n) is 4.03. The predicted molar refractivity (Wildman–Crippen MR) is 62.2 cm³/mol. The first-order chi connectivity index (χ1) is 8.25. The number of fused-ring (bicyclic) bond motifs is 3. The van der Waals surface area contributed by atoms with Crippen molar-refractivity contribution in [3.63, 3.8) is 0 Å². The van der Waals surface area contributed by atoms with Crippen LogP contribution < -0.4 is 4.74 Å². The number of nitrogens with zero attached hydrogens (tertiary/aromatic N) is 1. The van der Waals surface area contributed by atoms with Gasteiger partial charge in [-0.1, -0.05) is 0 Å². The Kier molecular flexibility index (Phi) is 2.18. The summed E-state index contributed by atoms with van der Waals surface area (Å²) in [7, 11) is 0. The van der Waals surface area contributed by atoms with Crippen LogP contribution in [0.2, 0.25) is 0 Å². The Hall–Kier alpha value is -2.17. The van der Waals surface area contributed by atoms with Gasteiger partial charge in [-0.15, -0.1) is 0 Å². The first kappa shape index (κ1) is 10.0. The van der Waals surface area contributed by atoms with Crippen molar-refractivity contribution in [1.29, 1.82) is 0 Å². The molecule has 0 saturated heterocycles. The topological polar surface area (TPSA) is 65.6 Å². The quantitative estimate of drug-likeness (QED) is 0.730. The van der Waals surface area contributed by atoms with Crippen LogP contribution in [0.1, 0.15) is 5.56 Å².